The maximum Gasteiger partial charge on any atom is 0.142 e. The molecule has 0 radical (unpaired) electrons. The molecule has 1 fully saturated rings. The van der Waals surface area contributed by atoms with Gasteiger partial charge in [0.25, 0.3) is 0 Å². The van der Waals surface area contributed by atoms with Gasteiger partial charge in [-0.3, -0.25) is 0 Å². The van der Waals surface area contributed by atoms with Gasteiger partial charge in [-0.25, -0.2) is 0 Å². The smallest absolute Gasteiger partial charge is 0.142 e. The Labute approximate surface area is 120 Å². The fraction of sp³-hybridized carbons (Fsp3) is 0.600. The van der Waals surface area contributed by atoms with Crippen LogP contribution in [-0.2, 0) is 4.74 Å². The lowest BCUT2D eigenvalue weighted by Gasteiger charge is -2.23. The van der Waals surface area contributed by atoms with Crippen LogP contribution in [0.25, 0.3) is 0 Å². The van der Waals surface area contributed by atoms with E-state index in [2.05, 4.69) is 4.90 Å². The van der Waals surface area contributed by atoms with Crippen molar-refractivity contribution in [3.8, 4) is 5.75 Å². The molecule has 112 valence electrons. The van der Waals surface area contributed by atoms with E-state index >= 15 is 0 Å². The van der Waals surface area contributed by atoms with Gasteiger partial charge in [0, 0.05) is 19.7 Å². The van der Waals surface area contributed by atoms with E-state index in [0.29, 0.717) is 24.1 Å². The first-order chi connectivity index (χ1) is 9.65. The highest BCUT2D eigenvalue weighted by Crippen LogP contribution is 2.19. The Morgan fingerprint density at radius 3 is 3.00 bits per heavy atom. The van der Waals surface area contributed by atoms with Crippen molar-refractivity contribution in [1.82, 2.24) is 4.90 Å². The minimum atomic E-state index is -0.541. The Morgan fingerprint density at radius 1 is 1.50 bits per heavy atom. The summed E-state index contributed by atoms with van der Waals surface area (Å²) in [5, 5.41) is 10.00. The number of nitrogens with zero attached hydrogens (tertiary/aromatic N) is 1. The fourth-order valence-corrected chi connectivity index (χ4v) is 2.42. The summed E-state index contributed by atoms with van der Waals surface area (Å²) < 4.78 is 11.1. The fourth-order valence-electron chi connectivity index (χ4n) is 2.42. The predicted molar refractivity (Wildman–Crippen MR) is 78.8 cm³/mol. The number of hydrogen-bond donors (Lipinski definition) is 2. The second kappa shape index (κ2) is 7.47. The van der Waals surface area contributed by atoms with Gasteiger partial charge in [0.1, 0.15) is 18.5 Å². The van der Waals surface area contributed by atoms with E-state index in [1.54, 1.807) is 12.1 Å². The molecule has 2 rings (SSSR count). The largest absolute Gasteiger partial charge is 0.489 e. The zero-order chi connectivity index (χ0) is 14.4. The Morgan fingerprint density at radius 2 is 2.30 bits per heavy atom. The summed E-state index contributed by atoms with van der Waals surface area (Å²) in [6.07, 6.45) is 2.01. The van der Waals surface area contributed by atoms with Crippen LogP contribution in [0, 0.1) is 0 Å². The van der Waals surface area contributed by atoms with Crippen molar-refractivity contribution in [2.75, 3.05) is 39.1 Å². The van der Waals surface area contributed by atoms with E-state index < -0.39 is 6.10 Å². The average molecular weight is 280 g/mol. The Balaban J connectivity index is 1.69. The van der Waals surface area contributed by atoms with Crippen molar-refractivity contribution in [1.29, 1.82) is 0 Å². The van der Waals surface area contributed by atoms with Gasteiger partial charge in [-0.1, -0.05) is 12.1 Å². The predicted octanol–water partition coefficient (Wildman–Crippen LogP) is 1.12. The second-order valence-electron chi connectivity index (χ2n) is 5.36. The van der Waals surface area contributed by atoms with Gasteiger partial charge in [-0.2, -0.15) is 0 Å². The maximum absolute atomic E-state index is 10.00. The second-order valence-corrected chi connectivity index (χ2v) is 5.36. The van der Waals surface area contributed by atoms with Gasteiger partial charge in [0.15, 0.2) is 0 Å². The highest BCUT2D eigenvalue weighted by molar-refractivity contribution is 5.51. The molecular weight excluding hydrogens is 256 g/mol. The van der Waals surface area contributed by atoms with Crippen LogP contribution < -0.4 is 10.5 Å². The first-order valence-corrected chi connectivity index (χ1v) is 7.10. The average Bonchev–Trinajstić information content (AvgIpc) is 2.90. The normalized spacial score (nSPS) is 20.2. The van der Waals surface area contributed by atoms with Crippen LogP contribution in [-0.4, -0.2) is 55.6 Å². The molecule has 1 aromatic carbocycles. The van der Waals surface area contributed by atoms with Crippen molar-refractivity contribution in [2.24, 2.45) is 0 Å². The molecule has 5 nitrogen and oxygen atoms in total. The lowest BCUT2D eigenvalue weighted by molar-refractivity contribution is 0.0445. The van der Waals surface area contributed by atoms with Gasteiger partial charge in [-0.15, -0.1) is 0 Å². The summed E-state index contributed by atoms with van der Waals surface area (Å²) in [5.74, 6) is 0.619. The minimum absolute atomic E-state index is 0.240. The van der Waals surface area contributed by atoms with Gasteiger partial charge in [-0.05, 0) is 32.0 Å². The molecule has 0 amide bonds. The highest BCUT2D eigenvalue weighted by Gasteiger charge is 2.19. The molecule has 5 heteroatoms. The zero-order valence-electron chi connectivity index (χ0n) is 12.0. The van der Waals surface area contributed by atoms with Crippen molar-refractivity contribution < 1.29 is 14.6 Å². The first kappa shape index (κ1) is 15.1. The van der Waals surface area contributed by atoms with Crippen LogP contribution in [0.3, 0.4) is 0 Å². The molecule has 0 bridgehead atoms. The molecule has 0 aliphatic carbocycles. The zero-order valence-corrected chi connectivity index (χ0v) is 12.0. The number of aliphatic hydroxyl groups excluding tert-OH is 1. The van der Waals surface area contributed by atoms with E-state index in [1.165, 1.54) is 0 Å². The standard InChI is InChI=1S/C15H24N2O3/c1-17(10-13-5-4-8-19-13)9-12(18)11-20-15-7-3-2-6-14(15)16/h2-3,6-7,12-13,18H,4-5,8-11,16H2,1H3. The van der Waals surface area contributed by atoms with E-state index in [4.69, 9.17) is 15.2 Å². The number of rotatable bonds is 7. The third-order valence-corrected chi connectivity index (χ3v) is 3.41. The van der Waals surface area contributed by atoms with Crippen molar-refractivity contribution in [2.45, 2.75) is 25.0 Å². The molecule has 1 aromatic rings. The molecule has 1 saturated heterocycles. The third-order valence-electron chi connectivity index (χ3n) is 3.41. The number of anilines is 1. The number of para-hydroxylation sites is 2. The minimum Gasteiger partial charge on any atom is -0.489 e. The molecule has 2 atom stereocenters. The molecule has 20 heavy (non-hydrogen) atoms. The Kier molecular flexibility index (Phi) is 5.64. The van der Waals surface area contributed by atoms with Crippen LogP contribution in [0.1, 0.15) is 12.8 Å². The maximum atomic E-state index is 10.00. The molecule has 1 aliphatic heterocycles. The van der Waals surface area contributed by atoms with Gasteiger partial charge in [0.2, 0.25) is 0 Å². The van der Waals surface area contributed by atoms with Crippen molar-refractivity contribution >= 4 is 5.69 Å². The molecule has 2 unspecified atom stereocenters. The van der Waals surface area contributed by atoms with Crippen LogP contribution in [0.2, 0.25) is 0 Å². The quantitative estimate of drug-likeness (QED) is 0.733. The number of hydrogen-bond acceptors (Lipinski definition) is 5. The summed E-state index contributed by atoms with van der Waals surface area (Å²) in [6, 6.07) is 7.30. The topological polar surface area (TPSA) is 68.0 Å². The number of nitrogens with two attached hydrogens (primary N) is 1. The van der Waals surface area contributed by atoms with Crippen molar-refractivity contribution in [3.05, 3.63) is 24.3 Å². The lowest BCUT2D eigenvalue weighted by atomic mass is 10.2. The lowest BCUT2D eigenvalue weighted by Crippen LogP contribution is -2.37. The molecule has 0 aromatic heterocycles. The van der Waals surface area contributed by atoms with Crippen molar-refractivity contribution in [3.63, 3.8) is 0 Å². The summed E-state index contributed by atoms with van der Waals surface area (Å²) in [4.78, 5) is 2.08. The van der Waals surface area contributed by atoms with Crippen LogP contribution >= 0.6 is 0 Å². The monoisotopic (exact) mass is 280 g/mol. The Bertz CT molecular complexity index is 408. The van der Waals surface area contributed by atoms with E-state index in [1.807, 2.05) is 19.2 Å². The van der Waals surface area contributed by atoms with Crippen LogP contribution in [0.15, 0.2) is 24.3 Å². The molecule has 1 heterocycles. The highest BCUT2D eigenvalue weighted by atomic mass is 16.5. The number of aliphatic hydroxyl groups is 1. The van der Waals surface area contributed by atoms with E-state index in [-0.39, 0.29) is 6.61 Å². The van der Waals surface area contributed by atoms with Gasteiger partial charge >= 0.3 is 0 Å². The molecular formula is C15H24N2O3. The molecule has 0 saturated carbocycles. The molecule has 0 spiro atoms. The first-order valence-electron chi connectivity index (χ1n) is 7.10. The summed E-state index contributed by atoms with van der Waals surface area (Å²) in [6.45, 7) is 2.51. The number of benzene rings is 1. The van der Waals surface area contributed by atoms with Crippen LogP contribution in [0.4, 0.5) is 5.69 Å². The number of likely N-dealkylation sites (N-methyl/N-ethyl adjacent to an activating group) is 1. The number of nitrogen functional groups attached to an aromatic ring is 1. The summed E-state index contributed by atoms with van der Waals surface area (Å²) >= 11 is 0. The summed E-state index contributed by atoms with van der Waals surface area (Å²) in [5.41, 5.74) is 6.37. The van der Waals surface area contributed by atoms with E-state index in [9.17, 15) is 5.11 Å². The van der Waals surface area contributed by atoms with Crippen LogP contribution in [0.5, 0.6) is 5.75 Å². The number of ether oxygens (including phenoxy) is 2. The SMILES string of the molecule is CN(CC(O)COc1ccccc1N)CC1CCCO1. The molecule has 1 aliphatic rings. The van der Waals surface area contributed by atoms with Gasteiger partial charge in [0.05, 0.1) is 11.8 Å². The van der Waals surface area contributed by atoms with Gasteiger partial charge < -0.3 is 25.2 Å². The molecule has 3 N–H and O–H groups in total. The summed E-state index contributed by atoms with van der Waals surface area (Å²) in [7, 11) is 1.99. The van der Waals surface area contributed by atoms with E-state index in [0.717, 1.165) is 26.0 Å². The Hall–Kier alpha value is -1.30. The third kappa shape index (κ3) is 4.67.